The Labute approximate surface area is 286 Å². The molecule has 0 aromatic rings. The molecular formula is C28H38O18Se2. The van der Waals surface area contributed by atoms with Gasteiger partial charge < -0.3 is 0 Å². The number of rotatable bonds is 13. The van der Waals surface area contributed by atoms with Crippen LogP contribution in [0.3, 0.4) is 0 Å². The summed E-state index contributed by atoms with van der Waals surface area (Å²) in [5.74, 6) is -6.15. The van der Waals surface area contributed by atoms with Gasteiger partial charge in [0.2, 0.25) is 0 Å². The first-order valence-corrected chi connectivity index (χ1v) is 20.6. The van der Waals surface area contributed by atoms with Crippen LogP contribution in [0.2, 0.25) is 0 Å². The summed E-state index contributed by atoms with van der Waals surface area (Å²) < 4.78 is 55.4. The number of esters is 8. The molecule has 270 valence electrons. The third-order valence-electron chi connectivity index (χ3n) is 6.14. The summed E-state index contributed by atoms with van der Waals surface area (Å²) in [4.78, 5) is 96.2. The molecule has 2 aliphatic heterocycles. The molecule has 0 amide bonds. The van der Waals surface area contributed by atoms with Crippen LogP contribution in [-0.4, -0.2) is 146 Å². The third kappa shape index (κ3) is 13.0. The fourth-order valence-corrected chi connectivity index (χ4v) is 13.0. The molecule has 18 nitrogen and oxygen atoms in total. The van der Waals surface area contributed by atoms with E-state index in [-0.39, 0.29) is 0 Å². The second kappa shape index (κ2) is 19.0. The molecular weight excluding hydrogens is 782 g/mol. The monoisotopic (exact) mass is 822 g/mol. The van der Waals surface area contributed by atoms with Crippen molar-refractivity contribution in [1.29, 1.82) is 0 Å². The van der Waals surface area contributed by atoms with Crippen molar-refractivity contribution in [3.8, 4) is 0 Å². The molecule has 0 aliphatic carbocycles. The summed E-state index contributed by atoms with van der Waals surface area (Å²) in [6.07, 6.45) is -10.6. The van der Waals surface area contributed by atoms with Gasteiger partial charge in [-0.1, -0.05) is 0 Å². The Bertz CT molecular complexity index is 1130. The van der Waals surface area contributed by atoms with Gasteiger partial charge in [-0.15, -0.1) is 0 Å². The van der Waals surface area contributed by atoms with Crippen molar-refractivity contribution >= 4 is 74.0 Å². The van der Waals surface area contributed by atoms with Gasteiger partial charge in [-0.25, -0.2) is 0 Å². The first-order valence-electron chi connectivity index (χ1n) is 14.3. The van der Waals surface area contributed by atoms with Crippen LogP contribution in [0.1, 0.15) is 55.4 Å². The van der Waals surface area contributed by atoms with Gasteiger partial charge in [0.1, 0.15) is 0 Å². The van der Waals surface area contributed by atoms with Crippen molar-refractivity contribution in [2.75, 3.05) is 13.2 Å². The van der Waals surface area contributed by atoms with Gasteiger partial charge in [0.15, 0.2) is 0 Å². The summed E-state index contributed by atoms with van der Waals surface area (Å²) in [7, 11) is 0. The Kier molecular flexibility index (Phi) is 16.2. The molecule has 0 radical (unpaired) electrons. The normalized spacial score (nSPS) is 29.7. The summed E-state index contributed by atoms with van der Waals surface area (Å²) in [5.41, 5.74) is 0. The first kappa shape index (κ1) is 40.9. The maximum atomic E-state index is 12.2. The molecule has 20 heteroatoms. The molecule has 2 fully saturated rings. The number of hydrogen-bond donors (Lipinski definition) is 0. The van der Waals surface area contributed by atoms with E-state index in [9.17, 15) is 38.4 Å². The predicted molar refractivity (Wildman–Crippen MR) is 155 cm³/mol. The topological polar surface area (TPSA) is 229 Å². The summed E-state index contributed by atoms with van der Waals surface area (Å²) in [6, 6.07) is 0. The molecule has 2 aliphatic rings. The van der Waals surface area contributed by atoms with Crippen molar-refractivity contribution in [2.24, 2.45) is 0 Å². The molecule has 2 saturated heterocycles. The van der Waals surface area contributed by atoms with E-state index in [1.165, 1.54) is 0 Å². The number of carbonyl (C=O) groups excluding carboxylic acids is 8. The fourth-order valence-electron chi connectivity index (χ4n) is 4.64. The van der Waals surface area contributed by atoms with E-state index in [1.807, 2.05) is 0 Å². The Hall–Kier alpha value is -3.28. The Morgan fingerprint density at radius 3 is 0.896 bits per heavy atom. The zero-order chi connectivity index (χ0) is 36.3. The predicted octanol–water partition coefficient (Wildman–Crippen LogP) is -1.52. The van der Waals surface area contributed by atoms with Crippen LogP contribution in [0.25, 0.3) is 0 Å². The number of carbonyl (C=O) groups is 8. The van der Waals surface area contributed by atoms with E-state index < -0.39 is 146 Å². The zero-order valence-electron chi connectivity index (χ0n) is 27.4. The van der Waals surface area contributed by atoms with Gasteiger partial charge in [-0.2, -0.15) is 0 Å². The molecule has 48 heavy (non-hydrogen) atoms. The average molecular weight is 821 g/mol. The third-order valence-corrected chi connectivity index (χ3v) is 14.1. The molecule has 0 bridgehead atoms. The van der Waals surface area contributed by atoms with Crippen LogP contribution in [0, 0.1) is 0 Å². The standard InChI is InChI=1S/C28H38O18Se2/c1-11(29)37-9-19-21(39-13(3)31)23(41-15(5)33)25(43-17(7)35)27(45-19)47-48-28-26(44-18(8)36)24(42-16(6)34)22(40-14(4)32)20(46-28)10-38-12(2)30/h19-28H,9-10H2,1-8H3/t19-,20+,21+,22-,23+,24-,25-,26+,27+,28-. The number of ether oxygens (including phenoxy) is 10. The van der Waals surface area contributed by atoms with Crippen molar-refractivity contribution in [1.82, 2.24) is 0 Å². The van der Waals surface area contributed by atoms with Gasteiger partial charge >= 0.3 is 287 Å². The van der Waals surface area contributed by atoms with E-state index in [2.05, 4.69) is 0 Å². The van der Waals surface area contributed by atoms with Crippen LogP contribution in [0.15, 0.2) is 0 Å². The minimum absolute atomic E-state index is 0.434. The molecule has 0 aromatic heterocycles. The first-order chi connectivity index (χ1) is 22.4. The van der Waals surface area contributed by atoms with E-state index in [0.717, 1.165) is 55.4 Å². The van der Waals surface area contributed by atoms with E-state index >= 15 is 0 Å². The molecule has 10 atom stereocenters. The van der Waals surface area contributed by atoms with Crippen LogP contribution < -0.4 is 0 Å². The van der Waals surface area contributed by atoms with E-state index in [4.69, 9.17) is 47.4 Å². The molecule has 0 unspecified atom stereocenters. The van der Waals surface area contributed by atoms with Crippen molar-refractivity contribution in [3.63, 3.8) is 0 Å². The maximum absolute atomic E-state index is 12.2. The van der Waals surface area contributed by atoms with Crippen LogP contribution in [0.5, 0.6) is 0 Å². The summed E-state index contributed by atoms with van der Waals surface area (Å²) in [5, 5.41) is -2.13. The van der Waals surface area contributed by atoms with Gasteiger partial charge in [0.25, 0.3) is 0 Å². The van der Waals surface area contributed by atoms with Crippen molar-refractivity contribution in [3.05, 3.63) is 0 Å². The molecule has 0 spiro atoms. The SMILES string of the molecule is CC(=O)OC[C@@H]1O[C@H]([Se][Se][C@@H]2O[C@H](COC(C)=O)[C@H](OC(C)=O)[C@H](OC(C)=O)[C@H]2OC(C)=O)[C@@H](OC(C)=O)[C@H](OC(C)=O)[C@@H]1OC(C)=O. The zero-order valence-corrected chi connectivity index (χ0v) is 30.8. The Morgan fingerprint density at radius 2 is 0.646 bits per heavy atom. The molecule has 2 rings (SSSR count). The van der Waals surface area contributed by atoms with Crippen molar-refractivity contribution < 1.29 is 85.7 Å². The second-order valence-corrected chi connectivity index (χ2v) is 17.3. The van der Waals surface area contributed by atoms with Crippen LogP contribution >= 0.6 is 0 Å². The quantitative estimate of drug-likeness (QED) is 0.117. The summed E-state index contributed by atoms with van der Waals surface area (Å²) >= 11 is -1.63. The second-order valence-electron chi connectivity index (χ2n) is 10.3. The fraction of sp³-hybridized carbons (Fsp3) is 0.714. The Morgan fingerprint density at radius 1 is 0.396 bits per heavy atom. The minimum atomic E-state index is -1.40. The van der Waals surface area contributed by atoms with Crippen molar-refractivity contribution in [2.45, 2.75) is 114 Å². The van der Waals surface area contributed by atoms with Gasteiger partial charge in [-0.3, -0.25) is 0 Å². The van der Waals surface area contributed by atoms with E-state index in [1.54, 1.807) is 0 Å². The molecule has 0 aromatic carbocycles. The molecule has 0 saturated carbocycles. The van der Waals surface area contributed by atoms with Crippen LogP contribution in [0.4, 0.5) is 0 Å². The average Bonchev–Trinajstić information content (AvgIpc) is 2.93. The van der Waals surface area contributed by atoms with Gasteiger partial charge in [-0.05, 0) is 0 Å². The number of hydrogen-bond acceptors (Lipinski definition) is 18. The Balaban J connectivity index is 2.57. The van der Waals surface area contributed by atoms with Gasteiger partial charge in [0.05, 0.1) is 0 Å². The van der Waals surface area contributed by atoms with Gasteiger partial charge in [0, 0.05) is 0 Å². The molecule has 2 heterocycles. The summed E-state index contributed by atoms with van der Waals surface area (Å²) in [6.45, 7) is 8.00. The van der Waals surface area contributed by atoms with Crippen LogP contribution in [-0.2, 0) is 85.7 Å². The molecule has 0 N–H and O–H groups in total. The van der Waals surface area contributed by atoms with E-state index in [0.29, 0.717) is 0 Å².